The summed E-state index contributed by atoms with van der Waals surface area (Å²) in [4.78, 5) is 18.5. The number of aromatic amines is 1. The average Bonchev–Trinajstić information content (AvgIpc) is 3.12. The van der Waals surface area contributed by atoms with E-state index in [0.717, 1.165) is 10.4 Å². The fourth-order valence-electron chi connectivity index (χ4n) is 2.31. The molecule has 3 aromatic rings. The van der Waals surface area contributed by atoms with E-state index in [0.29, 0.717) is 24.2 Å². The van der Waals surface area contributed by atoms with Gasteiger partial charge in [-0.2, -0.15) is 0 Å². The largest absolute Gasteiger partial charge is 0.351 e. The van der Waals surface area contributed by atoms with Crippen LogP contribution in [-0.2, 0) is 6.54 Å². The molecule has 1 N–H and O–H groups in total. The van der Waals surface area contributed by atoms with Gasteiger partial charge in [-0.3, -0.25) is 4.79 Å². The Hall–Kier alpha value is -2.14. The predicted molar refractivity (Wildman–Crippen MR) is 83.0 cm³/mol. The zero-order chi connectivity index (χ0) is 14.8. The molecule has 21 heavy (non-hydrogen) atoms. The normalized spacial score (nSPS) is 11.0. The number of aromatic nitrogens is 1. The molecule has 0 aliphatic rings. The van der Waals surface area contributed by atoms with E-state index in [9.17, 15) is 9.18 Å². The van der Waals surface area contributed by atoms with E-state index < -0.39 is 0 Å². The summed E-state index contributed by atoms with van der Waals surface area (Å²) in [6.07, 6.45) is 0. The number of thiophene rings is 1. The van der Waals surface area contributed by atoms with E-state index in [-0.39, 0.29) is 11.7 Å². The van der Waals surface area contributed by atoms with Crippen LogP contribution in [0.5, 0.6) is 0 Å². The number of rotatable bonds is 4. The van der Waals surface area contributed by atoms with Crippen molar-refractivity contribution in [2.24, 2.45) is 0 Å². The molecule has 0 saturated carbocycles. The van der Waals surface area contributed by atoms with Crippen LogP contribution in [0.15, 0.2) is 41.8 Å². The van der Waals surface area contributed by atoms with Crippen molar-refractivity contribution in [3.05, 3.63) is 58.2 Å². The molecule has 0 bridgehead atoms. The molecule has 5 heteroatoms. The van der Waals surface area contributed by atoms with E-state index in [1.807, 2.05) is 24.4 Å². The molecule has 1 amide bonds. The minimum atomic E-state index is -0.300. The molecule has 2 heterocycles. The Labute approximate surface area is 126 Å². The lowest BCUT2D eigenvalue weighted by molar-refractivity contribution is 0.0749. The molecule has 1 aromatic carbocycles. The van der Waals surface area contributed by atoms with Gasteiger partial charge in [-0.05, 0) is 42.6 Å². The van der Waals surface area contributed by atoms with Gasteiger partial charge in [0.2, 0.25) is 0 Å². The molecule has 2 aromatic heterocycles. The number of amides is 1. The SMILES string of the molecule is CCN(Cc1cccs1)C(=O)c1cc2cc(F)ccc2[nH]1. The smallest absolute Gasteiger partial charge is 0.270 e. The molecular weight excluding hydrogens is 287 g/mol. The van der Waals surface area contributed by atoms with Gasteiger partial charge in [0, 0.05) is 22.3 Å². The van der Waals surface area contributed by atoms with E-state index in [2.05, 4.69) is 4.98 Å². The molecule has 0 unspecified atom stereocenters. The Kier molecular flexibility index (Phi) is 3.75. The quantitative estimate of drug-likeness (QED) is 0.776. The van der Waals surface area contributed by atoms with Gasteiger partial charge >= 0.3 is 0 Å². The third-order valence-corrected chi connectivity index (χ3v) is 4.27. The van der Waals surface area contributed by atoms with Crippen LogP contribution < -0.4 is 0 Å². The van der Waals surface area contributed by atoms with Crippen molar-refractivity contribution in [3.63, 3.8) is 0 Å². The first-order chi connectivity index (χ1) is 10.2. The van der Waals surface area contributed by atoms with Gasteiger partial charge in [-0.1, -0.05) is 6.07 Å². The molecule has 0 atom stereocenters. The second-order valence-corrected chi connectivity index (χ2v) is 5.85. The van der Waals surface area contributed by atoms with E-state index in [4.69, 9.17) is 0 Å². The van der Waals surface area contributed by atoms with E-state index in [1.165, 1.54) is 12.1 Å². The van der Waals surface area contributed by atoms with Gasteiger partial charge in [0.05, 0.1) is 6.54 Å². The topological polar surface area (TPSA) is 36.1 Å². The van der Waals surface area contributed by atoms with Gasteiger partial charge in [0.15, 0.2) is 0 Å². The van der Waals surface area contributed by atoms with Crippen molar-refractivity contribution in [2.75, 3.05) is 6.54 Å². The molecule has 0 saturated heterocycles. The van der Waals surface area contributed by atoms with Crippen molar-refractivity contribution < 1.29 is 9.18 Å². The number of carbonyl (C=O) groups excluding carboxylic acids is 1. The van der Waals surface area contributed by atoms with E-state index in [1.54, 1.807) is 28.4 Å². The molecule has 3 rings (SSSR count). The maximum atomic E-state index is 13.2. The van der Waals surface area contributed by atoms with Gasteiger partial charge in [0.1, 0.15) is 11.5 Å². The Bertz CT molecular complexity index is 764. The number of hydrogen-bond donors (Lipinski definition) is 1. The van der Waals surface area contributed by atoms with Crippen molar-refractivity contribution in [1.82, 2.24) is 9.88 Å². The van der Waals surface area contributed by atoms with Crippen LogP contribution in [0, 0.1) is 5.82 Å². The van der Waals surface area contributed by atoms with Crippen molar-refractivity contribution in [3.8, 4) is 0 Å². The molecule has 0 fully saturated rings. The Morgan fingerprint density at radius 2 is 2.19 bits per heavy atom. The summed E-state index contributed by atoms with van der Waals surface area (Å²) in [7, 11) is 0. The third-order valence-electron chi connectivity index (χ3n) is 3.41. The summed E-state index contributed by atoms with van der Waals surface area (Å²) in [5.74, 6) is -0.367. The summed E-state index contributed by atoms with van der Waals surface area (Å²) < 4.78 is 13.2. The number of benzene rings is 1. The molecule has 0 aliphatic carbocycles. The maximum absolute atomic E-state index is 13.2. The van der Waals surface area contributed by atoms with Crippen LogP contribution in [0.3, 0.4) is 0 Å². The summed E-state index contributed by atoms with van der Waals surface area (Å²) in [5, 5.41) is 2.71. The highest BCUT2D eigenvalue weighted by Gasteiger charge is 2.17. The minimum absolute atomic E-state index is 0.0671. The maximum Gasteiger partial charge on any atom is 0.270 e. The first-order valence-corrected chi connectivity index (χ1v) is 7.65. The second-order valence-electron chi connectivity index (χ2n) is 4.81. The average molecular weight is 302 g/mol. The lowest BCUT2D eigenvalue weighted by atomic mass is 10.2. The van der Waals surface area contributed by atoms with Crippen LogP contribution in [0.4, 0.5) is 4.39 Å². The summed E-state index contributed by atoms with van der Waals surface area (Å²) in [6, 6.07) is 10.2. The Morgan fingerprint density at radius 3 is 2.90 bits per heavy atom. The highest BCUT2D eigenvalue weighted by Crippen LogP contribution is 2.19. The van der Waals surface area contributed by atoms with Crippen molar-refractivity contribution >= 4 is 28.1 Å². The second kappa shape index (κ2) is 5.69. The molecule has 0 radical (unpaired) electrons. The number of fused-ring (bicyclic) bond motifs is 1. The minimum Gasteiger partial charge on any atom is -0.351 e. The zero-order valence-electron chi connectivity index (χ0n) is 11.6. The Balaban J connectivity index is 1.87. The Morgan fingerprint density at radius 1 is 1.33 bits per heavy atom. The predicted octanol–water partition coefficient (Wildman–Crippen LogP) is 4.03. The number of hydrogen-bond acceptors (Lipinski definition) is 2. The standard InChI is InChI=1S/C16H15FN2OS/c1-2-19(10-13-4-3-7-21-13)16(20)15-9-11-8-12(17)5-6-14(11)18-15/h3-9,18H,2,10H2,1H3. The van der Waals surface area contributed by atoms with Crippen molar-refractivity contribution in [2.45, 2.75) is 13.5 Å². The summed E-state index contributed by atoms with van der Waals surface area (Å²) >= 11 is 1.63. The lowest BCUT2D eigenvalue weighted by Crippen LogP contribution is -2.30. The number of H-pyrrole nitrogens is 1. The molecule has 0 aliphatic heterocycles. The number of nitrogens with zero attached hydrogens (tertiary/aromatic N) is 1. The van der Waals surface area contributed by atoms with Gasteiger partial charge in [-0.15, -0.1) is 11.3 Å². The first-order valence-electron chi connectivity index (χ1n) is 6.77. The van der Waals surface area contributed by atoms with Crippen LogP contribution in [-0.4, -0.2) is 22.3 Å². The lowest BCUT2D eigenvalue weighted by Gasteiger charge is -2.19. The number of carbonyl (C=O) groups is 1. The van der Waals surface area contributed by atoms with Crippen LogP contribution in [0.25, 0.3) is 10.9 Å². The van der Waals surface area contributed by atoms with Crippen LogP contribution >= 0.6 is 11.3 Å². The van der Waals surface area contributed by atoms with Crippen molar-refractivity contribution in [1.29, 1.82) is 0 Å². The fraction of sp³-hybridized carbons (Fsp3) is 0.188. The summed E-state index contributed by atoms with van der Waals surface area (Å²) in [5.41, 5.74) is 1.26. The van der Waals surface area contributed by atoms with Crippen LogP contribution in [0.1, 0.15) is 22.3 Å². The highest BCUT2D eigenvalue weighted by molar-refractivity contribution is 7.09. The number of nitrogens with one attached hydrogen (secondary N) is 1. The highest BCUT2D eigenvalue weighted by atomic mass is 32.1. The monoisotopic (exact) mass is 302 g/mol. The van der Waals surface area contributed by atoms with Gasteiger partial charge in [0.25, 0.3) is 5.91 Å². The molecular formula is C16H15FN2OS. The number of halogens is 1. The van der Waals surface area contributed by atoms with E-state index >= 15 is 0 Å². The first kappa shape index (κ1) is 13.8. The van der Waals surface area contributed by atoms with Gasteiger partial charge < -0.3 is 9.88 Å². The fourth-order valence-corrected chi connectivity index (χ4v) is 3.03. The van der Waals surface area contributed by atoms with Gasteiger partial charge in [-0.25, -0.2) is 4.39 Å². The zero-order valence-corrected chi connectivity index (χ0v) is 12.4. The molecule has 108 valence electrons. The molecule has 0 spiro atoms. The summed E-state index contributed by atoms with van der Waals surface area (Å²) in [6.45, 7) is 3.17. The molecule has 3 nitrogen and oxygen atoms in total. The van der Waals surface area contributed by atoms with Crippen LogP contribution in [0.2, 0.25) is 0 Å². The third kappa shape index (κ3) is 2.83.